The van der Waals surface area contributed by atoms with E-state index in [1.165, 1.54) is 0 Å². The van der Waals surface area contributed by atoms with E-state index in [-0.39, 0.29) is 5.91 Å². The second-order valence-electron chi connectivity index (χ2n) is 6.48. The summed E-state index contributed by atoms with van der Waals surface area (Å²) in [5.41, 5.74) is 1.11. The number of ether oxygens (including phenoxy) is 2. The van der Waals surface area contributed by atoms with Crippen molar-refractivity contribution >= 4 is 23.2 Å². The molecule has 0 aromatic heterocycles. The first-order valence-electron chi connectivity index (χ1n) is 9.21. The summed E-state index contributed by atoms with van der Waals surface area (Å²) in [5, 5.41) is 0.739. The molecule has 1 heterocycles. The summed E-state index contributed by atoms with van der Waals surface area (Å²) in [6.45, 7) is 3.67. The molecule has 2 aromatic rings. The van der Waals surface area contributed by atoms with Crippen molar-refractivity contribution in [2.24, 2.45) is 0 Å². The highest BCUT2D eigenvalue weighted by molar-refractivity contribution is 6.30. The lowest BCUT2D eigenvalue weighted by Gasteiger charge is -2.36. The zero-order valence-corrected chi connectivity index (χ0v) is 16.3. The van der Waals surface area contributed by atoms with E-state index >= 15 is 0 Å². The molecular formula is C21H25ClN2O3. The van der Waals surface area contributed by atoms with Crippen molar-refractivity contribution < 1.29 is 14.3 Å². The van der Waals surface area contributed by atoms with Crippen LogP contribution in [0.3, 0.4) is 0 Å². The minimum Gasteiger partial charge on any atom is -0.497 e. The van der Waals surface area contributed by atoms with Gasteiger partial charge in [0.15, 0.2) is 0 Å². The molecule has 0 radical (unpaired) electrons. The third kappa shape index (κ3) is 5.54. The van der Waals surface area contributed by atoms with Gasteiger partial charge >= 0.3 is 0 Å². The zero-order chi connectivity index (χ0) is 19.1. The van der Waals surface area contributed by atoms with Crippen molar-refractivity contribution in [3.63, 3.8) is 0 Å². The molecule has 1 aliphatic heterocycles. The molecule has 27 heavy (non-hydrogen) atoms. The Morgan fingerprint density at radius 1 is 1.04 bits per heavy atom. The van der Waals surface area contributed by atoms with Crippen LogP contribution < -0.4 is 14.4 Å². The van der Waals surface area contributed by atoms with E-state index in [0.29, 0.717) is 19.4 Å². The summed E-state index contributed by atoms with van der Waals surface area (Å²) < 4.78 is 10.8. The van der Waals surface area contributed by atoms with Gasteiger partial charge < -0.3 is 19.3 Å². The molecule has 1 saturated heterocycles. The molecule has 1 amide bonds. The first kappa shape index (κ1) is 19.4. The second kappa shape index (κ2) is 9.51. The Morgan fingerprint density at radius 3 is 2.41 bits per heavy atom. The first-order chi connectivity index (χ1) is 13.2. The van der Waals surface area contributed by atoms with Crippen LogP contribution in [0.4, 0.5) is 5.69 Å². The van der Waals surface area contributed by atoms with E-state index in [2.05, 4.69) is 11.0 Å². The third-order valence-electron chi connectivity index (χ3n) is 4.67. The Labute approximate surface area is 165 Å². The summed E-state index contributed by atoms with van der Waals surface area (Å²) in [6, 6.07) is 15.3. The number of anilines is 1. The van der Waals surface area contributed by atoms with Crippen molar-refractivity contribution in [3.8, 4) is 11.5 Å². The molecule has 0 unspecified atom stereocenters. The summed E-state index contributed by atoms with van der Waals surface area (Å²) in [4.78, 5) is 16.6. The number of hydrogen-bond acceptors (Lipinski definition) is 4. The number of piperazine rings is 1. The van der Waals surface area contributed by atoms with Crippen LogP contribution in [-0.2, 0) is 4.79 Å². The third-order valence-corrected chi connectivity index (χ3v) is 4.90. The number of carbonyl (C=O) groups is 1. The van der Waals surface area contributed by atoms with E-state index in [1.807, 2.05) is 47.4 Å². The molecule has 0 saturated carbocycles. The SMILES string of the molecule is COc1ccc(OCCCC(=O)N2CCN(c3cccc(Cl)c3)CC2)cc1. The molecule has 1 fully saturated rings. The number of halogens is 1. The molecule has 5 nitrogen and oxygen atoms in total. The fraction of sp³-hybridized carbons (Fsp3) is 0.381. The zero-order valence-electron chi connectivity index (χ0n) is 15.6. The summed E-state index contributed by atoms with van der Waals surface area (Å²) in [5.74, 6) is 1.78. The van der Waals surface area contributed by atoms with Crippen molar-refractivity contribution in [1.82, 2.24) is 4.90 Å². The van der Waals surface area contributed by atoms with Gasteiger partial charge in [0, 0.05) is 43.3 Å². The normalized spacial score (nSPS) is 14.1. The quantitative estimate of drug-likeness (QED) is 0.675. The lowest BCUT2D eigenvalue weighted by atomic mass is 10.2. The Hall–Kier alpha value is -2.40. The van der Waals surface area contributed by atoms with Gasteiger partial charge in [-0.05, 0) is 48.9 Å². The van der Waals surface area contributed by atoms with Crippen molar-refractivity contribution in [3.05, 3.63) is 53.6 Å². The van der Waals surface area contributed by atoms with Crippen LogP contribution in [0, 0.1) is 0 Å². The molecule has 0 spiro atoms. The van der Waals surface area contributed by atoms with Gasteiger partial charge in [-0.15, -0.1) is 0 Å². The molecule has 0 aliphatic carbocycles. The van der Waals surface area contributed by atoms with Gasteiger partial charge in [0.2, 0.25) is 5.91 Å². The highest BCUT2D eigenvalue weighted by Gasteiger charge is 2.21. The van der Waals surface area contributed by atoms with E-state index in [4.69, 9.17) is 21.1 Å². The maximum absolute atomic E-state index is 12.4. The summed E-state index contributed by atoms with van der Waals surface area (Å²) >= 11 is 6.06. The van der Waals surface area contributed by atoms with Gasteiger partial charge in [0.1, 0.15) is 11.5 Å². The molecule has 6 heteroatoms. The minimum atomic E-state index is 0.194. The fourth-order valence-corrected chi connectivity index (χ4v) is 3.31. The van der Waals surface area contributed by atoms with Crippen LogP contribution in [0.2, 0.25) is 5.02 Å². The van der Waals surface area contributed by atoms with Crippen LogP contribution >= 0.6 is 11.6 Å². The van der Waals surface area contributed by atoms with Crippen LogP contribution in [0.15, 0.2) is 48.5 Å². The molecule has 0 atom stereocenters. The predicted octanol–water partition coefficient (Wildman–Crippen LogP) is 3.86. The van der Waals surface area contributed by atoms with Crippen LogP contribution in [0.5, 0.6) is 11.5 Å². The summed E-state index contributed by atoms with van der Waals surface area (Å²) in [7, 11) is 1.64. The fourth-order valence-electron chi connectivity index (χ4n) is 3.13. The average Bonchev–Trinajstić information content (AvgIpc) is 2.71. The predicted molar refractivity (Wildman–Crippen MR) is 108 cm³/mol. The van der Waals surface area contributed by atoms with Gasteiger partial charge in [0.05, 0.1) is 13.7 Å². The average molecular weight is 389 g/mol. The van der Waals surface area contributed by atoms with Crippen LogP contribution in [-0.4, -0.2) is 50.7 Å². The Balaban J connectivity index is 1.36. The van der Waals surface area contributed by atoms with E-state index in [0.717, 1.165) is 48.4 Å². The monoisotopic (exact) mass is 388 g/mol. The molecule has 0 bridgehead atoms. The van der Waals surface area contributed by atoms with E-state index < -0.39 is 0 Å². The number of nitrogens with zero attached hydrogens (tertiary/aromatic N) is 2. The van der Waals surface area contributed by atoms with Gasteiger partial charge in [-0.2, -0.15) is 0 Å². The van der Waals surface area contributed by atoms with E-state index in [1.54, 1.807) is 7.11 Å². The minimum absolute atomic E-state index is 0.194. The van der Waals surface area contributed by atoms with Gasteiger partial charge in [-0.25, -0.2) is 0 Å². The Bertz CT molecular complexity index is 743. The maximum Gasteiger partial charge on any atom is 0.222 e. The van der Waals surface area contributed by atoms with Crippen LogP contribution in [0.25, 0.3) is 0 Å². The van der Waals surface area contributed by atoms with Gasteiger partial charge in [0.25, 0.3) is 0 Å². The number of amides is 1. The van der Waals surface area contributed by atoms with Crippen molar-refractivity contribution in [1.29, 1.82) is 0 Å². The Morgan fingerprint density at radius 2 is 1.74 bits per heavy atom. The highest BCUT2D eigenvalue weighted by atomic mass is 35.5. The number of hydrogen-bond donors (Lipinski definition) is 0. The van der Waals surface area contributed by atoms with E-state index in [9.17, 15) is 4.79 Å². The Kier molecular flexibility index (Phi) is 6.82. The van der Waals surface area contributed by atoms with Crippen LogP contribution in [0.1, 0.15) is 12.8 Å². The standard InChI is InChI=1S/C21H25ClN2O3/c1-26-19-7-9-20(10-8-19)27-15-3-6-21(25)24-13-11-23(12-14-24)18-5-2-4-17(22)16-18/h2,4-5,7-10,16H,3,6,11-15H2,1H3. The maximum atomic E-state index is 12.4. The lowest BCUT2D eigenvalue weighted by molar-refractivity contribution is -0.131. The first-order valence-corrected chi connectivity index (χ1v) is 9.58. The second-order valence-corrected chi connectivity index (χ2v) is 6.91. The van der Waals surface area contributed by atoms with Gasteiger partial charge in [-0.1, -0.05) is 17.7 Å². The van der Waals surface area contributed by atoms with Crippen molar-refractivity contribution in [2.45, 2.75) is 12.8 Å². The number of methoxy groups -OCH3 is 1. The smallest absolute Gasteiger partial charge is 0.222 e. The molecule has 2 aromatic carbocycles. The lowest BCUT2D eigenvalue weighted by Crippen LogP contribution is -2.48. The molecule has 3 rings (SSSR count). The molecule has 144 valence electrons. The topological polar surface area (TPSA) is 42.0 Å². The van der Waals surface area contributed by atoms with Crippen molar-refractivity contribution in [2.75, 3.05) is 44.8 Å². The summed E-state index contributed by atoms with van der Waals surface area (Å²) in [6.07, 6.45) is 1.21. The molecule has 0 N–H and O–H groups in total. The molecular weight excluding hydrogens is 364 g/mol. The largest absolute Gasteiger partial charge is 0.497 e. The van der Waals surface area contributed by atoms with Gasteiger partial charge in [-0.3, -0.25) is 4.79 Å². The number of carbonyl (C=O) groups excluding carboxylic acids is 1. The number of rotatable bonds is 7. The highest BCUT2D eigenvalue weighted by Crippen LogP contribution is 2.21. The molecule has 1 aliphatic rings. The number of benzene rings is 2.